The minimum absolute atomic E-state index is 0.280. The zero-order valence-corrected chi connectivity index (χ0v) is 20.3. The van der Waals surface area contributed by atoms with E-state index in [4.69, 9.17) is 0 Å². The van der Waals surface area contributed by atoms with Crippen LogP contribution in [-0.2, 0) is 14.8 Å². The van der Waals surface area contributed by atoms with Gasteiger partial charge < -0.3 is 5.32 Å². The maximum Gasteiger partial charge on any atom is 0.261 e. The molecule has 2 aromatic heterocycles. The fourth-order valence-corrected chi connectivity index (χ4v) is 6.52. The average Bonchev–Trinajstić information content (AvgIpc) is 3.57. The molecule has 1 unspecified atom stereocenters. The summed E-state index contributed by atoms with van der Waals surface area (Å²) in [5.41, 5.74) is 0.440. The number of rotatable bonds is 8. The highest BCUT2D eigenvalue weighted by atomic mass is 32.2. The summed E-state index contributed by atoms with van der Waals surface area (Å²) in [6.07, 6.45) is 10.5. The van der Waals surface area contributed by atoms with Gasteiger partial charge in [-0.1, -0.05) is 32.1 Å². The molecule has 180 valence electrons. The minimum atomic E-state index is -3.41. The van der Waals surface area contributed by atoms with E-state index >= 15 is 0 Å². The molecule has 5 rings (SSSR count). The van der Waals surface area contributed by atoms with Gasteiger partial charge in [0.1, 0.15) is 6.04 Å². The molecule has 1 amide bonds. The second kappa shape index (κ2) is 9.46. The Morgan fingerprint density at radius 2 is 1.94 bits per heavy atom. The summed E-state index contributed by atoms with van der Waals surface area (Å²) in [6.45, 7) is 0. The summed E-state index contributed by atoms with van der Waals surface area (Å²) in [5.74, 6) is 0.0835. The molecule has 9 nitrogen and oxygen atoms in total. The van der Waals surface area contributed by atoms with Crippen molar-refractivity contribution in [3.05, 3.63) is 46.5 Å². The molecule has 0 radical (unpaired) electrons. The van der Waals surface area contributed by atoms with Crippen molar-refractivity contribution in [2.45, 2.75) is 62.7 Å². The van der Waals surface area contributed by atoms with E-state index in [1.165, 1.54) is 28.7 Å². The monoisotopic (exact) mass is 501 g/mol. The van der Waals surface area contributed by atoms with Gasteiger partial charge in [0.2, 0.25) is 15.9 Å². The van der Waals surface area contributed by atoms with Gasteiger partial charge in [0.25, 0.3) is 5.56 Å². The number of fused-ring (bicyclic) bond motifs is 1. The number of amides is 1. The van der Waals surface area contributed by atoms with Crippen LogP contribution in [0.3, 0.4) is 0 Å². The molecule has 2 aliphatic carbocycles. The molecule has 2 fully saturated rings. The predicted octanol–water partition coefficient (Wildman–Crippen LogP) is 3.91. The van der Waals surface area contributed by atoms with Crippen molar-refractivity contribution < 1.29 is 13.2 Å². The second-order valence-corrected chi connectivity index (χ2v) is 12.0. The third-order valence-corrected chi connectivity index (χ3v) is 9.15. The van der Waals surface area contributed by atoms with Crippen molar-refractivity contribution in [3.8, 4) is 0 Å². The Hall–Kier alpha value is -2.79. The quantitative estimate of drug-likeness (QED) is 0.482. The van der Waals surface area contributed by atoms with Crippen LogP contribution in [0.2, 0.25) is 0 Å². The van der Waals surface area contributed by atoms with Gasteiger partial charge in [0.15, 0.2) is 5.13 Å². The van der Waals surface area contributed by atoms with Gasteiger partial charge in [0, 0.05) is 11.6 Å². The lowest BCUT2D eigenvalue weighted by Crippen LogP contribution is -2.35. The van der Waals surface area contributed by atoms with Crippen LogP contribution in [0.25, 0.3) is 10.9 Å². The number of anilines is 2. The van der Waals surface area contributed by atoms with Crippen molar-refractivity contribution in [3.63, 3.8) is 0 Å². The molecule has 0 saturated heterocycles. The number of thiazole rings is 1. The Labute approximate surface area is 201 Å². The highest BCUT2D eigenvalue weighted by Gasteiger charge is 2.35. The fraction of sp³-hybridized carbons (Fsp3) is 0.478. The van der Waals surface area contributed by atoms with Crippen LogP contribution in [0, 0.1) is 5.92 Å². The first-order valence-electron chi connectivity index (χ1n) is 11.6. The molecular weight excluding hydrogens is 474 g/mol. The van der Waals surface area contributed by atoms with E-state index in [0.717, 1.165) is 25.7 Å². The zero-order valence-electron chi connectivity index (χ0n) is 18.6. The number of benzene rings is 1. The van der Waals surface area contributed by atoms with Crippen LogP contribution >= 0.6 is 11.3 Å². The van der Waals surface area contributed by atoms with Crippen molar-refractivity contribution in [2.24, 2.45) is 5.92 Å². The number of sulfonamides is 1. The van der Waals surface area contributed by atoms with Crippen LogP contribution in [0.1, 0.15) is 57.4 Å². The lowest BCUT2D eigenvalue weighted by molar-refractivity contribution is -0.120. The van der Waals surface area contributed by atoms with Crippen molar-refractivity contribution in [2.75, 3.05) is 10.0 Å². The summed E-state index contributed by atoms with van der Waals surface area (Å²) < 4.78 is 28.5. The maximum absolute atomic E-state index is 13.4. The molecule has 2 N–H and O–H groups in total. The normalized spacial score (nSPS) is 18.0. The summed E-state index contributed by atoms with van der Waals surface area (Å²) >= 11 is 1.33. The van der Waals surface area contributed by atoms with Crippen molar-refractivity contribution in [1.82, 2.24) is 14.5 Å². The Kier molecular flexibility index (Phi) is 6.39. The molecule has 0 aliphatic heterocycles. The first-order chi connectivity index (χ1) is 16.4. The molecule has 1 aromatic carbocycles. The summed E-state index contributed by atoms with van der Waals surface area (Å²) in [6, 6.07) is 4.00. The van der Waals surface area contributed by atoms with E-state index in [9.17, 15) is 18.0 Å². The fourth-order valence-electron chi connectivity index (χ4n) is 4.61. The Morgan fingerprint density at radius 3 is 2.65 bits per heavy atom. The molecule has 2 saturated carbocycles. The topological polar surface area (TPSA) is 123 Å². The van der Waals surface area contributed by atoms with Gasteiger partial charge in [-0.3, -0.25) is 18.9 Å². The van der Waals surface area contributed by atoms with Crippen LogP contribution in [-0.4, -0.2) is 34.1 Å². The largest absolute Gasteiger partial charge is 0.300 e. The van der Waals surface area contributed by atoms with Crippen LogP contribution < -0.4 is 15.6 Å². The van der Waals surface area contributed by atoms with Crippen LogP contribution in [0.4, 0.5) is 10.8 Å². The van der Waals surface area contributed by atoms with E-state index in [1.807, 2.05) is 0 Å². The SMILES string of the molecule is O=C(Nc1nccs1)C(CC1CCCCC1)n1cnc2cc(NS(=O)(=O)C3CC3)ccc2c1=O. The Balaban J connectivity index is 1.45. The number of aromatic nitrogens is 3. The number of carbonyl (C=O) groups excluding carboxylic acids is 1. The minimum Gasteiger partial charge on any atom is -0.300 e. The maximum atomic E-state index is 13.4. The summed E-state index contributed by atoms with van der Waals surface area (Å²) in [7, 11) is -3.41. The van der Waals surface area contributed by atoms with E-state index in [1.54, 1.807) is 29.8 Å². The zero-order chi connectivity index (χ0) is 23.7. The number of hydrogen-bond acceptors (Lipinski definition) is 7. The molecular formula is C23H27N5O4S2. The standard InChI is InChI=1S/C23H27N5O4S2/c29-21(26-23-24-10-11-33-23)20(12-15-4-2-1-3-5-15)28-14-25-19-13-16(6-9-18(19)22(28)30)27-34(31,32)17-7-8-17/h6,9-11,13-15,17,20,27H,1-5,7-8,12H2,(H,24,26,29). The van der Waals surface area contributed by atoms with Crippen molar-refractivity contribution in [1.29, 1.82) is 0 Å². The van der Waals surface area contributed by atoms with Gasteiger partial charge in [-0.25, -0.2) is 18.4 Å². The molecule has 0 spiro atoms. The molecule has 2 aliphatic rings. The van der Waals surface area contributed by atoms with Crippen LogP contribution in [0.15, 0.2) is 40.9 Å². The van der Waals surface area contributed by atoms with E-state index in [0.29, 0.717) is 46.9 Å². The van der Waals surface area contributed by atoms with Gasteiger partial charge in [-0.05, 0) is 43.4 Å². The molecule has 1 atom stereocenters. The number of carbonyl (C=O) groups is 1. The predicted molar refractivity (Wildman–Crippen MR) is 133 cm³/mol. The summed E-state index contributed by atoms with van der Waals surface area (Å²) in [5, 5.41) is 5.11. The number of nitrogens with one attached hydrogen (secondary N) is 2. The third-order valence-electron chi connectivity index (χ3n) is 6.59. The molecule has 2 heterocycles. The van der Waals surface area contributed by atoms with Crippen molar-refractivity contribution >= 4 is 49.0 Å². The Bertz CT molecular complexity index is 1340. The van der Waals surface area contributed by atoms with E-state index in [2.05, 4.69) is 20.0 Å². The van der Waals surface area contributed by atoms with Gasteiger partial charge in [-0.2, -0.15) is 0 Å². The van der Waals surface area contributed by atoms with Gasteiger partial charge in [-0.15, -0.1) is 11.3 Å². The van der Waals surface area contributed by atoms with E-state index < -0.39 is 16.1 Å². The van der Waals surface area contributed by atoms with Crippen LogP contribution in [0.5, 0.6) is 0 Å². The second-order valence-electron chi connectivity index (χ2n) is 9.12. The summed E-state index contributed by atoms with van der Waals surface area (Å²) in [4.78, 5) is 35.2. The van der Waals surface area contributed by atoms with E-state index in [-0.39, 0.29) is 16.7 Å². The lowest BCUT2D eigenvalue weighted by atomic mass is 9.84. The highest BCUT2D eigenvalue weighted by molar-refractivity contribution is 7.93. The lowest BCUT2D eigenvalue weighted by Gasteiger charge is -2.27. The highest BCUT2D eigenvalue weighted by Crippen LogP contribution is 2.32. The molecule has 34 heavy (non-hydrogen) atoms. The molecule has 0 bridgehead atoms. The third kappa shape index (κ3) is 5.00. The molecule has 11 heteroatoms. The number of hydrogen-bond donors (Lipinski definition) is 2. The Morgan fingerprint density at radius 1 is 1.15 bits per heavy atom. The molecule has 3 aromatic rings. The van der Waals surface area contributed by atoms with Gasteiger partial charge in [0.05, 0.1) is 28.2 Å². The first kappa shape index (κ1) is 23.0. The first-order valence-corrected chi connectivity index (χ1v) is 14.1. The van der Waals surface area contributed by atoms with Gasteiger partial charge >= 0.3 is 0 Å². The number of nitrogens with zero attached hydrogens (tertiary/aromatic N) is 3. The average molecular weight is 502 g/mol. The smallest absolute Gasteiger partial charge is 0.261 e.